The maximum absolute atomic E-state index is 6.79. The van der Waals surface area contributed by atoms with Gasteiger partial charge in [-0.3, -0.25) is 0 Å². The summed E-state index contributed by atoms with van der Waals surface area (Å²) in [5, 5.41) is 7.15. The van der Waals surface area contributed by atoms with E-state index >= 15 is 0 Å². The zero-order valence-corrected chi connectivity index (χ0v) is 33.1. The lowest BCUT2D eigenvalue weighted by Gasteiger charge is -2.29. The van der Waals surface area contributed by atoms with Crippen LogP contribution < -0.4 is 4.90 Å². The Balaban J connectivity index is 1.08. The molecule has 2 nitrogen and oxygen atoms in total. The standard InChI is InChI=1S/C56H41NO/c1-55(2)48-19-11-9-16-41(48)43-26-23-38(31-50(43)55)57(39-24-27-44-42-17-10-12-20-49(42)56(3,4)51(44)32-39)37-25-28-52-47(30-37)54-45-18-8-7-15-40(45)46(33-53(54)58-52)36-22-21-34-13-5-6-14-35(34)29-36/h5-33H,1-4H3. The number of anilines is 3. The second-order valence-electron chi connectivity index (χ2n) is 17.3. The van der Waals surface area contributed by atoms with Gasteiger partial charge in [0.1, 0.15) is 11.2 Å². The van der Waals surface area contributed by atoms with Crippen molar-refractivity contribution in [3.8, 4) is 33.4 Å². The third-order valence-electron chi connectivity index (χ3n) is 13.4. The maximum atomic E-state index is 6.79. The van der Waals surface area contributed by atoms with Gasteiger partial charge in [0.2, 0.25) is 0 Å². The quantitative estimate of drug-likeness (QED) is 0.178. The number of benzene rings is 9. The molecule has 1 heterocycles. The number of furan rings is 1. The lowest BCUT2D eigenvalue weighted by molar-refractivity contribution is 0.660. The first-order chi connectivity index (χ1) is 28.3. The molecule has 1 aromatic heterocycles. The highest BCUT2D eigenvalue weighted by atomic mass is 16.3. The van der Waals surface area contributed by atoms with Gasteiger partial charge in [0.05, 0.1) is 0 Å². The third-order valence-corrected chi connectivity index (χ3v) is 13.4. The van der Waals surface area contributed by atoms with Gasteiger partial charge in [0.15, 0.2) is 0 Å². The lowest BCUT2D eigenvalue weighted by Crippen LogP contribution is -2.18. The molecule has 2 aliphatic rings. The fourth-order valence-electron chi connectivity index (χ4n) is 10.5. The minimum Gasteiger partial charge on any atom is -0.456 e. The fraction of sp³-hybridized carbons (Fsp3) is 0.107. The molecule has 0 bridgehead atoms. The molecule has 0 amide bonds. The van der Waals surface area contributed by atoms with Crippen molar-refractivity contribution in [1.29, 1.82) is 0 Å². The third kappa shape index (κ3) is 4.60. The molecule has 0 saturated carbocycles. The van der Waals surface area contributed by atoms with Crippen LogP contribution in [0.3, 0.4) is 0 Å². The predicted octanol–water partition coefficient (Wildman–Crippen LogP) is 15.6. The Morgan fingerprint density at radius 3 is 1.57 bits per heavy atom. The number of nitrogens with zero attached hydrogens (tertiary/aromatic N) is 1. The molecule has 12 rings (SSSR count). The molecule has 0 fully saturated rings. The first-order valence-electron chi connectivity index (χ1n) is 20.4. The Bertz CT molecular complexity index is 3250. The molecule has 2 aliphatic carbocycles. The van der Waals surface area contributed by atoms with E-state index in [1.807, 2.05) is 0 Å². The van der Waals surface area contributed by atoms with Crippen LogP contribution in [-0.4, -0.2) is 0 Å². The minimum atomic E-state index is -0.123. The van der Waals surface area contributed by atoms with Gasteiger partial charge in [0.25, 0.3) is 0 Å². The van der Waals surface area contributed by atoms with Gasteiger partial charge in [-0.25, -0.2) is 0 Å². The minimum absolute atomic E-state index is 0.123. The van der Waals surface area contributed by atoms with Crippen molar-refractivity contribution in [2.24, 2.45) is 0 Å². The molecule has 9 aromatic carbocycles. The zero-order chi connectivity index (χ0) is 38.9. The lowest BCUT2D eigenvalue weighted by atomic mass is 9.82. The Morgan fingerprint density at radius 1 is 0.362 bits per heavy atom. The first-order valence-corrected chi connectivity index (χ1v) is 20.4. The largest absolute Gasteiger partial charge is 0.456 e. The highest BCUT2D eigenvalue weighted by Gasteiger charge is 2.37. The summed E-state index contributed by atoms with van der Waals surface area (Å²) in [5.74, 6) is 0. The second-order valence-corrected chi connectivity index (χ2v) is 17.3. The van der Waals surface area contributed by atoms with Crippen molar-refractivity contribution in [3.63, 3.8) is 0 Å². The summed E-state index contributed by atoms with van der Waals surface area (Å²) in [6.07, 6.45) is 0. The Hall–Kier alpha value is -6.90. The van der Waals surface area contributed by atoms with Crippen LogP contribution in [0.25, 0.3) is 76.9 Å². The second kappa shape index (κ2) is 11.8. The van der Waals surface area contributed by atoms with Gasteiger partial charge in [-0.05, 0) is 132 Å². The van der Waals surface area contributed by atoms with Crippen molar-refractivity contribution >= 4 is 60.5 Å². The van der Waals surface area contributed by atoms with Crippen LogP contribution >= 0.6 is 0 Å². The van der Waals surface area contributed by atoms with Crippen molar-refractivity contribution in [2.45, 2.75) is 38.5 Å². The van der Waals surface area contributed by atoms with Gasteiger partial charge in [-0.15, -0.1) is 0 Å². The van der Waals surface area contributed by atoms with Crippen LogP contribution in [0.1, 0.15) is 49.9 Å². The molecular formula is C56H41NO. The number of rotatable bonds is 4. The van der Waals surface area contributed by atoms with Crippen LogP contribution in [-0.2, 0) is 10.8 Å². The Morgan fingerprint density at radius 2 is 0.897 bits per heavy atom. The molecule has 0 radical (unpaired) electrons. The summed E-state index contributed by atoms with van der Waals surface area (Å²) >= 11 is 0. The average Bonchev–Trinajstić information content (AvgIpc) is 3.82. The summed E-state index contributed by atoms with van der Waals surface area (Å²) in [6, 6.07) is 65.1. The van der Waals surface area contributed by atoms with Gasteiger partial charge >= 0.3 is 0 Å². The molecule has 0 unspecified atom stereocenters. The predicted molar refractivity (Wildman–Crippen MR) is 244 cm³/mol. The summed E-state index contributed by atoms with van der Waals surface area (Å²) in [7, 11) is 0. The van der Waals surface area contributed by atoms with E-state index < -0.39 is 0 Å². The molecular weight excluding hydrogens is 703 g/mol. The molecule has 0 saturated heterocycles. The molecule has 2 heteroatoms. The summed E-state index contributed by atoms with van der Waals surface area (Å²) in [5.41, 5.74) is 18.1. The topological polar surface area (TPSA) is 16.4 Å². The van der Waals surface area contributed by atoms with Gasteiger partial charge in [-0.1, -0.05) is 149 Å². The van der Waals surface area contributed by atoms with E-state index in [1.165, 1.54) is 77.2 Å². The fourth-order valence-corrected chi connectivity index (χ4v) is 10.5. The summed E-state index contributed by atoms with van der Waals surface area (Å²) in [4.78, 5) is 2.46. The van der Waals surface area contributed by atoms with E-state index in [-0.39, 0.29) is 10.8 Å². The van der Waals surface area contributed by atoms with E-state index in [0.717, 1.165) is 39.0 Å². The van der Waals surface area contributed by atoms with Crippen molar-refractivity contribution < 1.29 is 4.42 Å². The molecule has 58 heavy (non-hydrogen) atoms. The molecule has 0 N–H and O–H groups in total. The molecule has 276 valence electrons. The van der Waals surface area contributed by atoms with E-state index in [2.05, 4.69) is 209 Å². The van der Waals surface area contributed by atoms with Crippen LogP contribution in [0.2, 0.25) is 0 Å². The molecule has 0 aliphatic heterocycles. The highest BCUT2D eigenvalue weighted by molar-refractivity contribution is 6.22. The van der Waals surface area contributed by atoms with Gasteiger partial charge < -0.3 is 9.32 Å². The van der Waals surface area contributed by atoms with Crippen LogP contribution in [0, 0.1) is 0 Å². The van der Waals surface area contributed by atoms with Crippen LogP contribution in [0.5, 0.6) is 0 Å². The van der Waals surface area contributed by atoms with Gasteiger partial charge in [0, 0.05) is 38.7 Å². The summed E-state index contributed by atoms with van der Waals surface area (Å²) in [6.45, 7) is 9.45. The maximum Gasteiger partial charge on any atom is 0.136 e. The van der Waals surface area contributed by atoms with Crippen molar-refractivity contribution in [2.75, 3.05) is 4.90 Å². The monoisotopic (exact) mass is 743 g/mol. The number of fused-ring (bicyclic) bond motifs is 12. The van der Waals surface area contributed by atoms with Crippen molar-refractivity contribution in [3.05, 3.63) is 198 Å². The zero-order valence-electron chi connectivity index (χ0n) is 33.1. The van der Waals surface area contributed by atoms with Gasteiger partial charge in [-0.2, -0.15) is 0 Å². The van der Waals surface area contributed by atoms with E-state index in [0.29, 0.717) is 0 Å². The Kier molecular flexibility index (Phi) is 6.78. The highest BCUT2D eigenvalue weighted by Crippen LogP contribution is 2.53. The number of hydrogen-bond acceptors (Lipinski definition) is 2. The SMILES string of the molecule is CC1(C)c2ccccc2-c2ccc(N(c3ccc4c(c3)C(C)(C)c3ccccc3-4)c3ccc4oc5cc(-c6ccc7ccccc7c6)c6ccccc6c5c4c3)cc21. The normalized spacial score (nSPS) is 14.5. The van der Waals surface area contributed by atoms with Crippen LogP contribution in [0.4, 0.5) is 17.1 Å². The molecule has 0 atom stereocenters. The number of hydrogen-bond donors (Lipinski definition) is 0. The van der Waals surface area contributed by atoms with Crippen LogP contribution in [0.15, 0.2) is 180 Å². The first kappa shape index (κ1) is 33.3. The van der Waals surface area contributed by atoms with E-state index in [4.69, 9.17) is 4.42 Å². The van der Waals surface area contributed by atoms with E-state index in [9.17, 15) is 0 Å². The Labute approximate surface area is 338 Å². The average molecular weight is 744 g/mol. The molecule has 10 aromatic rings. The van der Waals surface area contributed by atoms with Crippen molar-refractivity contribution in [1.82, 2.24) is 0 Å². The smallest absolute Gasteiger partial charge is 0.136 e. The van der Waals surface area contributed by atoms with E-state index in [1.54, 1.807) is 0 Å². The summed E-state index contributed by atoms with van der Waals surface area (Å²) < 4.78 is 6.79. The molecule has 0 spiro atoms.